The number of amidine groups is 1. The van der Waals surface area contributed by atoms with E-state index in [-0.39, 0.29) is 5.75 Å². The molecule has 0 radical (unpaired) electrons. The van der Waals surface area contributed by atoms with Crippen LogP contribution in [-0.2, 0) is 0 Å². The van der Waals surface area contributed by atoms with Gasteiger partial charge in [0.25, 0.3) is 0 Å². The van der Waals surface area contributed by atoms with Gasteiger partial charge >= 0.3 is 0 Å². The molecule has 0 fully saturated rings. The molecule has 1 N–H and O–H groups in total. The second-order valence-corrected chi connectivity index (χ2v) is 3.18. The van der Waals surface area contributed by atoms with Crippen molar-refractivity contribution >= 4 is 16.9 Å². The summed E-state index contributed by atoms with van der Waals surface area (Å²) in [6, 6.07) is 0. The van der Waals surface area contributed by atoms with Crippen molar-refractivity contribution in [3.63, 3.8) is 0 Å². The van der Waals surface area contributed by atoms with Gasteiger partial charge in [0.2, 0.25) is 6.43 Å². The van der Waals surface area contributed by atoms with Gasteiger partial charge in [-0.3, -0.25) is 4.99 Å². The topological polar surface area (TPSA) is 24.4 Å². The maximum Gasteiger partial charge on any atom is 0.248 e. The van der Waals surface area contributed by atoms with Crippen molar-refractivity contribution in [1.29, 1.82) is 0 Å². The highest BCUT2D eigenvalue weighted by molar-refractivity contribution is 8.13. The zero-order chi connectivity index (χ0) is 8.10. The van der Waals surface area contributed by atoms with E-state index in [0.29, 0.717) is 5.17 Å². The molecule has 0 aromatic heterocycles. The molecule has 11 heavy (non-hydrogen) atoms. The predicted octanol–water partition coefficient (Wildman–Crippen LogP) is 1.33. The Morgan fingerprint density at radius 2 is 2.45 bits per heavy atom. The van der Waals surface area contributed by atoms with E-state index in [1.165, 1.54) is 0 Å². The van der Waals surface area contributed by atoms with Gasteiger partial charge in [0.15, 0.2) is 5.17 Å². The van der Waals surface area contributed by atoms with E-state index < -0.39 is 6.43 Å². The largest absolute Gasteiger partial charge is 0.365 e. The first-order chi connectivity index (χ1) is 5.29. The van der Waals surface area contributed by atoms with Crippen LogP contribution in [0.15, 0.2) is 4.99 Å². The number of rotatable bonds is 2. The second-order valence-electron chi connectivity index (χ2n) is 2.17. The molecule has 1 rings (SSSR count). The first-order valence-electron chi connectivity index (χ1n) is 3.48. The standard InChI is InChI=1S/C6H10F2N2S/c7-5(8)4-11-6-9-2-1-3-10-6/h5H,1-4H2,(H,9,10). The van der Waals surface area contributed by atoms with Gasteiger partial charge in [-0.25, -0.2) is 8.78 Å². The van der Waals surface area contributed by atoms with Crippen LogP contribution in [-0.4, -0.2) is 30.4 Å². The molecule has 2 nitrogen and oxygen atoms in total. The van der Waals surface area contributed by atoms with Crippen LogP contribution >= 0.6 is 11.8 Å². The van der Waals surface area contributed by atoms with Crippen molar-refractivity contribution in [2.75, 3.05) is 18.8 Å². The summed E-state index contributed by atoms with van der Waals surface area (Å²) in [5.74, 6) is -0.161. The minimum Gasteiger partial charge on any atom is -0.365 e. The summed E-state index contributed by atoms with van der Waals surface area (Å²) in [6.45, 7) is 1.62. The van der Waals surface area contributed by atoms with Gasteiger partial charge in [-0.05, 0) is 6.42 Å². The van der Waals surface area contributed by atoms with E-state index in [1.807, 2.05) is 0 Å². The predicted molar refractivity (Wildman–Crippen MR) is 43.4 cm³/mol. The maximum atomic E-state index is 11.7. The number of aliphatic imine (C=N–C) groups is 1. The fourth-order valence-electron chi connectivity index (χ4n) is 0.749. The molecule has 0 amide bonds. The summed E-state index contributed by atoms with van der Waals surface area (Å²) in [5.41, 5.74) is 0. The highest BCUT2D eigenvalue weighted by Gasteiger charge is 2.08. The molecule has 0 unspecified atom stereocenters. The Morgan fingerprint density at radius 3 is 3.00 bits per heavy atom. The molecule has 1 heterocycles. The minimum absolute atomic E-state index is 0.161. The third kappa shape index (κ3) is 3.55. The first-order valence-corrected chi connectivity index (χ1v) is 4.47. The van der Waals surface area contributed by atoms with E-state index in [1.54, 1.807) is 0 Å². The molecule has 64 valence electrons. The highest BCUT2D eigenvalue weighted by atomic mass is 32.2. The Kier molecular flexibility index (Phi) is 3.62. The Balaban J connectivity index is 2.19. The van der Waals surface area contributed by atoms with Crippen LogP contribution in [0.5, 0.6) is 0 Å². The first kappa shape index (κ1) is 8.77. The van der Waals surface area contributed by atoms with Crippen LogP contribution in [0.25, 0.3) is 0 Å². The third-order valence-electron chi connectivity index (χ3n) is 1.21. The van der Waals surface area contributed by atoms with Crippen molar-refractivity contribution in [1.82, 2.24) is 5.32 Å². The van der Waals surface area contributed by atoms with E-state index >= 15 is 0 Å². The molecule has 0 saturated heterocycles. The summed E-state index contributed by atoms with van der Waals surface area (Å²) in [4.78, 5) is 4.04. The van der Waals surface area contributed by atoms with E-state index in [9.17, 15) is 8.78 Å². The van der Waals surface area contributed by atoms with Crippen LogP contribution in [0, 0.1) is 0 Å². The molecule has 5 heteroatoms. The molecular formula is C6H10F2N2S. The van der Waals surface area contributed by atoms with Gasteiger partial charge in [-0.2, -0.15) is 0 Å². The Bertz CT molecular complexity index is 150. The van der Waals surface area contributed by atoms with Gasteiger partial charge < -0.3 is 5.32 Å². The van der Waals surface area contributed by atoms with Crippen LogP contribution in [0.2, 0.25) is 0 Å². The van der Waals surface area contributed by atoms with Gasteiger partial charge in [0.1, 0.15) is 0 Å². The lowest BCUT2D eigenvalue weighted by Gasteiger charge is -2.12. The molecule has 1 aliphatic heterocycles. The summed E-state index contributed by atoms with van der Waals surface area (Å²) in [5, 5.41) is 3.62. The lowest BCUT2D eigenvalue weighted by Crippen LogP contribution is -2.27. The second kappa shape index (κ2) is 4.54. The number of halogens is 2. The van der Waals surface area contributed by atoms with Crippen LogP contribution in [0.1, 0.15) is 6.42 Å². The molecule has 0 aromatic rings. The molecule has 0 aromatic carbocycles. The Morgan fingerprint density at radius 1 is 1.64 bits per heavy atom. The van der Waals surface area contributed by atoms with Gasteiger partial charge in [0, 0.05) is 13.1 Å². The Labute approximate surface area is 68.5 Å². The van der Waals surface area contributed by atoms with Crippen molar-refractivity contribution in [2.45, 2.75) is 12.8 Å². The van der Waals surface area contributed by atoms with Crippen molar-refractivity contribution in [2.24, 2.45) is 4.99 Å². The van der Waals surface area contributed by atoms with E-state index in [0.717, 1.165) is 31.3 Å². The number of hydrogen-bond donors (Lipinski definition) is 1. The third-order valence-corrected chi connectivity index (χ3v) is 2.18. The van der Waals surface area contributed by atoms with Crippen molar-refractivity contribution < 1.29 is 8.78 Å². The van der Waals surface area contributed by atoms with Crippen LogP contribution in [0.3, 0.4) is 0 Å². The van der Waals surface area contributed by atoms with Gasteiger partial charge in [-0.1, -0.05) is 11.8 Å². The molecule has 0 spiro atoms. The summed E-state index contributed by atoms with van der Waals surface area (Å²) < 4.78 is 23.4. The number of nitrogens with zero attached hydrogens (tertiary/aromatic N) is 1. The Hall–Kier alpha value is -0.320. The smallest absolute Gasteiger partial charge is 0.248 e. The molecule has 1 aliphatic rings. The molecule has 0 atom stereocenters. The number of nitrogens with one attached hydrogen (secondary N) is 1. The van der Waals surface area contributed by atoms with Crippen LogP contribution in [0.4, 0.5) is 8.78 Å². The lowest BCUT2D eigenvalue weighted by atomic mass is 10.4. The molecule has 0 saturated carbocycles. The van der Waals surface area contributed by atoms with E-state index in [2.05, 4.69) is 10.3 Å². The quantitative estimate of drug-likeness (QED) is 0.693. The molecule has 0 bridgehead atoms. The number of thioether (sulfide) groups is 1. The minimum atomic E-state index is -2.24. The SMILES string of the molecule is FC(F)CSC1=NCCCN1. The molecular weight excluding hydrogens is 170 g/mol. The van der Waals surface area contributed by atoms with Gasteiger partial charge in [-0.15, -0.1) is 0 Å². The molecule has 0 aliphatic carbocycles. The van der Waals surface area contributed by atoms with Crippen LogP contribution < -0.4 is 5.32 Å². The lowest BCUT2D eigenvalue weighted by molar-refractivity contribution is 0.177. The normalized spacial score (nSPS) is 17.9. The van der Waals surface area contributed by atoms with Crippen molar-refractivity contribution in [3.05, 3.63) is 0 Å². The highest BCUT2D eigenvalue weighted by Crippen LogP contribution is 2.09. The summed E-state index contributed by atoms with van der Waals surface area (Å²) >= 11 is 1.09. The van der Waals surface area contributed by atoms with Gasteiger partial charge in [0.05, 0.1) is 5.75 Å². The zero-order valence-corrected chi connectivity index (χ0v) is 6.83. The number of alkyl halides is 2. The fraction of sp³-hybridized carbons (Fsp3) is 0.833. The number of hydrogen-bond acceptors (Lipinski definition) is 3. The monoisotopic (exact) mass is 180 g/mol. The fourth-order valence-corrected chi connectivity index (χ4v) is 1.42. The average Bonchev–Trinajstić information content (AvgIpc) is 2.03. The summed E-state index contributed by atoms with van der Waals surface area (Å²) in [7, 11) is 0. The summed E-state index contributed by atoms with van der Waals surface area (Å²) in [6.07, 6.45) is -1.25. The average molecular weight is 180 g/mol. The zero-order valence-electron chi connectivity index (χ0n) is 6.02. The van der Waals surface area contributed by atoms with Crippen molar-refractivity contribution in [3.8, 4) is 0 Å². The maximum absolute atomic E-state index is 11.7. The van der Waals surface area contributed by atoms with E-state index in [4.69, 9.17) is 0 Å².